The summed E-state index contributed by atoms with van der Waals surface area (Å²) >= 11 is 0. The van der Waals surface area contributed by atoms with E-state index >= 15 is 0 Å². The van der Waals surface area contributed by atoms with Crippen molar-refractivity contribution in [2.75, 3.05) is 0 Å². The molecule has 2 rings (SSSR count). The van der Waals surface area contributed by atoms with Gasteiger partial charge in [0, 0.05) is 17.5 Å². The summed E-state index contributed by atoms with van der Waals surface area (Å²) in [6.07, 6.45) is 8.75. The molecule has 0 amide bonds. The van der Waals surface area contributed by atoms with Crippen LogP contribution in [0.5, 0.6) is 0 Å². The third kappa shape index (κ3) is 1.74. The molecule has 2 aliphatic carbocycles. The van der Waals surface area contributed by atoms with Crippen LogP contribution in [0.1, 0.15) is 26.7 Å². The van der Waals surface area contributed by atoms with Gasteiger partial charge in [0.15, 0.2) is 0 Å². The first-order chi connectivity index (χ1) is 6.18. The molecule has 0 saturated heterocycles. The van der Waals surface area contributed by atoms with Gasteiger partial charge in [-0.05, 0) is 25.7 Å². The van der Waals surface area contributed by atoms with Crippen molar-refractivity contribution < 1.29 is 0 Å². The highest BCUT2D eigenvalue weighted by Crippen LogP contribution is 2.41. The molecule has 1 saturated carbocycles. The Kier molecular flexibility index (Phi) is 2.10. The second-order valence-corrected chi connectivity index (χ2v) is 4.48. The van der Waals surface area contributed by atoms with Gasteiger partial charge in [0.2, 0.25) is 0 Å². The lowest BCUT2D eigenvalue weighted by Gasteiger charge is -2.17. The van der Waals surface area contributed by atoms with Crippen LogP contribution >= 0.6 is 0 Å². The summed E-state index contributed by atoms with van der Waals surface area (Å²) in [6, 6.07) is 0. The SMILES string of the molecule is CC1=CC=CC(C(=N)C2C[C@@H]2C)C1. The Bertz CT molecular complexity index is 285. The number of nitrogens with one attached hydrogen (secondary N) is 1. The van der Waals surface area contributed by atoms with E-state index < -0.39 is 0 Å². The van der Waals surface area contributed by atoms with Crippen molar-refractivity contribution in [1.29, 1.82) is 5.41 Å². The summed E-state index contributed by atoms with van der Waals surface area (Å²) in [5, 5.41) is 8.04. The lowest BCUT2D eigenvalue weighted by molar-refractivity contribution is 0.771. The molecular weight excluding hydrogens is 158 g/mol. The van der Waals surface area contributed by atoms with Gasteiger partial charge in [0.1, 0.15) is 0 Å². The molecular formula is C12H17N. The van der Waals surface area contributed by atoms with Crippen LogP contribution in [0.3, 0.4) is 0 Å². The molecule has 1 heteroatoms. The van der Waals surface area contributed by atoms with Gasteiger partial charge in [-0.1, -0.05) is 30.7 Å². The standard InChI is InChI=1S/C12H17N/c1-8-4-3-5-10(6-8)12(13)11-7-9(11)2/h3-5,9-11,13H,6-7H2,1-2H3/t9-,10?,11?/m0/s1. The van der Waals surface area contributed by atoms with Crippen LogP contribution in [0.2, 0.25) is 0 Å². The summed E-state index contributed by atoms with van der Waals surface area (Å²) in [4.78, 5) is 0. The van der Waals surface area contributed by atoms with Gasteiger partial charge in [-0.15, -0.1) is 0 Å². The summed E-state index contributed by atoms with van der Waals surface area (Å²) in [7, 11) is 0. The van der Waals surface area contributed by atoms with E-state index in [-0.39, 0.29) is 0 Å². The molecule has 2 unspecified atom stereocenters. The largest absolute Gasteiger partial charge is 0.309 e. The lowest BCUT2D eigenvalue weighted by Crippen LogP contribution is -2.15. The van der Waals surface area contributed by atoms with E-state index in [1.54, 1.807) is 0 Å². The van der Waals surface area contributed by atoms with Crippen molar-refractivity contribution in [2.24, 2.45) is 17.8 Å². The molecule has 0 heterocycles. The lowest BCUT2D eigenvalue weighted by atomic mass is 9.88. The maximum Gasteiger partial charge on any atom is 0.0195 e. The number of rotatable bonds is 2. The summed E-state index contributed by atoms with van der Waals surface area (Å²) in [5.74, 6) is 1.77. The summed E-state index contributed by atoms with van der Waals surface area (Å²) in [6.45, 7) is 4.40. The quantitative estimate of drug-likeness (QED) is 0.623. The molecule has 1 N–H and O–H groups in total. The zero-order chi connectivity index (χ0) is 9.42. The van der Waals surface area contributed by atoms with Gasteiger partial charge in [-0.25, -0.2) is 0 Å². The Balaban J connectivity index is 1.99. The van der Waals surface area contributed by atoms with E-state index in [2.05, 4.69) is 32.1 Å². The third-order valence-corrected chi connectivity index (χ3v) is 3.17. The Morgan fingerprint density at radius 2 is 2.23 bits per heavy atom. The van der Waals surface area contributed by atoms with Crippen LogP contribution in [0.25, 0.3) is 0 Å². The smallest absolute Gasteiger partial charge is 0.0195 e. The van der Waals surface area contributed by atoms with E-state index in [0.29, 0.717) is 11.8 Å². The first kappa shape index (κ1) is 8.74. The highest BCUT2D eigenvalue weighted by molar-refractivity contribution is 5.90. The van der Waals surface area contributed by atoms with Crippen LogP contribution in [0, 0.1) is 23.2 Å². The fourth-order valence-corrected chi connectivity index (χ4v) is 2.08. The Morgan fingerprint density at radius 3 is 2.77 bits per heavy atom. The Hall–Kier alpha value is -0.850. The molecule has 0 bridgehead atoms. The first-order valence-corrected chi connectivity index (χ1v) is 5.11. The van der Waals surface area contributed by atoms with Crippen molar-refractivity contribution >= 4 is 5.71 Å². The molecule has 0 aliphatic heterocycles. The topological polar surface area (TPSA) is 23.9 Å². The van der Waals surface area contributed by atoms with Gasteiger partial charge in [0.05, 0.1) is 0 Å². The minimum Gasteiger partial charge on any atom is -0.309 e. The third-order valence-electron chi connectivity index (χ3n) is 3.17. The second-order valence-electron chi connectivity index (χ2n) is 4.48. The second kappa shape index (κ2) is 3.13. The highest BCUT2D eigenvalue weighted by Gasteiger charge is 2.38. The minimum atomic E-state index is 0.403. The van der Waals surface area contributed by atoms with E-state index in [4.69, 9.17) is 5.41 Å². The van der Waals surface area contributed by atoms with Gasteiger partial charge < -0.3 is 5.41 Å². The van der Waals surface area contributed by atoms with E-state index in [1.165, 1.54) is 12.0 Å². The van der Waals surface area contributed by atoms with Crippen LogP contribution in [0.4, 0.5) is 0 Å². The average molecular weight is 175 g/mol. The molecule has 0 aromatic carbocycles. The molecule has 2 aliphatic rings. The molecule has 1 nitrogen and oxygen atoms in total. The molecule has 0 aromatic heterocycles. The summed E-state index contributed by atoms with van der Waals surface area (Å²) < 4.78 is 0. The summed E-state index contributed by atoms with van der Waals surface area (Å²) in [5.41, 5.74) is 2.38. The van der Waals surface area contributed by atoms with E-state index in [1.807, 2.05) is 0 Å². The van der Waals surface area contributed by atoms with Gasteiger partial charge in [-0.3, -0.25) is 0 Å². The van der Waals surface area contributed by atoms with Gasteiger partial charge >= 0.3 is 0 Å². The normalized spacial score (nSPS) is 37.1. The number of hydrogen-bond donors (Lipinski definition) is 1. The van der Waals surface area contributed by atoms with Crippen molar-refractivity contribution in [3.05, 3.63) is 23.8 Å². The highest BCUT2D eigenvalue weighted by atomic mass is 14.6. The molecule has 13 heavy (non-hydrogen) atoms. The minimum absolute atomic E-state index is 0.403. The fraction of sp³-hybridized carbons (Fsp3) is 0.583. The van der Waals surface area contributed by atoms with Crippen molar-refractivity contribution in [1.82, 2.24) is 0 Å². The molecule has 0 spiro atoms. The first-order valence-electron chi connectivity index (χ1n) is 5.11. The van der Waals surface area contributed by atoms with E-state index in [0.717, 1.165) is 18.1 Å². The van der Waals surface area contributed by atoms with Crippen molar-refractivity contribution in [3.8, 4) is 0 Å². The predicted octanol–water partition coefficient (Wildman–Crippen LogP) is 3.18. The maximum atomic E-state index is 8.04. The maximum absolute atomic E-state index is 8.04. The predicted molar refractivity (Wildman–Crippen MR) is 56.0 cm³/mol. The van der Waals surface area contributed by atoms with Gasteiger partial charge in [0.25, 0.3) is 0 Å². The van der Waals surface area contributed by atoms with Crippen LogP contribution in [-0.2, 0) is 0 Å². The number of allylic oxidation sites excluding steroid dienone is 4. The number of hydrogen-bond acceptors (Lipinski definition) is 1. The molecule has 1 fully saturated rings. The molecule has 3 atom stereocenters. The zero-order valence-electron chi connectivity index (χ0n) is 8.38. The van der Waals surface area contributed by atoms with Crippen LogP contribution in [0.15, 0.2) is 23.8 Å². The average Bonchev–Trinajstić information content (AvgIpc) is 2.81. The Morgan fingerprint density at radius 1 is 1.54 bits per heavy atom. The van der Waals surface area contributed by atoms with Crippen LogP contribution in [-0.4, -0.2) is 5.71 Å². The monoisotopic (exact) mass is 175 g/mol. The van der Waals surface area contributed by atoms with Crippen molar-refractivity contribution in [2.45, 2.75) is 26.7 Å². The fourth-order valence-electron chi connectivity index (χ4n) is 2.08. The molecule has 0 radical (unpaired) electrons. The Labute approximate surface area is 80.0 Å². The molecule has 0 aromatic rings. The van der Waals surface area contributed by atoms with E-state index in [9.17, 15) is 0 Å². The van der Waals surface area contributed by atoms with Gasteiger partial charge in [-0.2, -0.15) is 0 Å². The van der Waals surface area contributed by atoms with Crippen molar-refractivity contribution in [3.63, 3.8) is 0 Å². The van der Waals surface area contributed by atoms with Crippen LogP contribution < -0.4 is 0 Å². The molecule has 70 valence electrons. The zero-order valence-corrected chi connectivity index (χ0v) is 8.38.